The number of nitrogens with one attached hydrogen (secondary N) is 4. The number of nitrogens with two attached hydrogens (primary N) is 1. The van der Waals surface area contributed by atoms with E-state index in [0.29, 0.717) is 61.0 Å². The Labute approximate surface area is 330 Å². The number of aromatic nitrogens is 1. The third kappa shape index (κ3) is 10.6. The Morgan fingerprint density at radius 3 is 2.50 bits per heavy atom. The van der Waals surface area contributed by atoms with Gasteiger partial charge in [0.25, 0.3) is 0 Å². The average Bonchev–Trinajstić information content (AvgIpc) is 3.17. The first-order valence-corrected chi connectivity index (χ1v) is 20.0. The van der Waals surface area contributed by atoms with Gasteiger partial charge in [0.05, 0.1) is 17.9 Å². The third-order valence-corrected chi connectivity index (χ3v) is 10.9. The Morgan fingerprint density at radius 1 is 0.982 bits per heavy atom. The Bertz CT molecular complexity index is 1960. The molecule has 3 heterocycles. The van der Waals surface area contributed by atoms with Gasteiger partial charge in [0.1, 0.15) is 41.7 Å². The molecular weight excluding hydrogens is 710 g/mol. The number of allylic oxidation sites excluding steroid dienone is 1. The molecule has 0 spiro atoms. The SMILES string of the molecule is C[C@H]1CCCCN1C(=N)n1cc(O[C@@H]2CC[C@H](NC(=O)NC(/C=C(\N)C(C)(C)C)=Nc3cccc(OCCN4CCC(F)CC4)c3)c3ccccc32)ccc1=N. The van der Waals surface area contributed by atoms with E-state index in [9.17, 15) is 9.18 Å². The van der Waals surface area contributed by atoms with E-state index in [4.69, 9.17) is 31.0 Å². The van der Waals surface area contributed by atoms with Crippen LogP contribution in [0.3, 0.4) is 0 Å². The number of urea groups is 1. The lowest BCUT2D eigenvalue weighted by Gasteiger charge is -2.36. The number of carbonyl (C=O) groups excluding carboxylic acids is 1. The number of hydrogen-bond donors (Lipinski definition) is 5. The summed E-state index contributed by atoms with van der Waals surface area (Å²) in [5.41, 5.74) is 9.43. The summed E-state index contributed by atoms with van der Waals surface area (Å²) < 4.78 is 27.7. The second kappa shape index (κ2) is 18.2. The van der Waals surface area contributed by atoms with E-state index in [1.807, 2.05) is 69.3 Å². The minimum Gasteiger partial charge on any atom is -0.492 e. The second-order valence-corrected chi connectivity index (χ2v) is 16.2. The molecule has 12 nitrogen and oxygen atoms in total. The zero-order chi connectivity index (χ0) is 39.8. The number of alkyl halides is 1. The van der Waals surface area contributed by atoms with Crippen LogP contribution >= 0.6 is 0 Å². The van der Waals surface area contributed by atoms with Crippen LogP contribution in [-0.4, -0.2) is 77.2 Å². The molecule has 1 aliphatic carbocycles. The molecule has 0 saturated carbocycles. The van der Waals surface area contributed by atoms with E-state index in [2.05, 4.69) is 27.4 Å². The lowest BCUT2D eigenvalue weighted by Crippen LogP contribution is -2.47. The van der Waals surface area contributed by atoms with Crippen molar-refractivity contribution in [3.8, 4) is 11.5 Å². The number of benzene rings is 2. The summed E-state index contributed by atoms with van der Waals surface area (Å²) >= 11 is 0. The van der Waals surface area contributed by atoms with Gasteiger partial charge in [-0.05, 0) is 87.3 Å². The van der Waals surface area contributed by atoms with Gasteiger partial charge >= 0.3 is 6.03 Å². The van der Waals surface area contributed by atoms with Crippen LogP contribution in [0.4, 0.5) is 14.9 Å². The van der Waals surface area contributed by atoms with E-state index in [1.54, 1.807) is 29.0 Å². The quantitative estimate of drug-likeness (QED) is 0.114. The fourth-order valence-electron chi connectivity index (χ4n) is 7.43. The molecule has 13 heteroatoms. The normalized spacial score (nSPS) is 21.2. The molecular formula is C43H58FN9O3. The van der Waals surface area contributed by atoms with Crippen molar-refractivity contribution < 1.29 is 18.7 Å². The Hall–Kier alpha value is -5.17. The molecule has 6 N–H and O–H groups in total. The lowest BCUT2D eigenvalue weighted by molar-refractivity contribution is 0.132. The van der Waals surface area contributed by atoms with Crippen LogP contribution in [0.25, 0.3) is 0 Å². The molecule has 0 bridgehead atoms. The predicted octanol–water partition coefficient (Wildman–Crippen LogP) is 7.31. The topological polar surface area (TPSA) is 157 Å². The third-order valence-electron chi connectivity index (χ3n) is 10.9. The first kappa shape index (κ1) is 40.5. The summed E-state index contributed by atoms with van der Waals surface area (Å²) in [5.74, 6) is 1.81. The van der Waals surface area contributed by atoms with E-state index in [1.165, 1.54) is 0 Å². The van der Waals surface area contributed by atoms with Gasteiger partial charge in [0.2, 0.25) is 5.96 Å². The number of aliphatic imine (C=N–C) groups is 1. The molecule has 6 rings (SSSR count). The van der Waals surface area contributed by atoms with Gasteiger partial charge in [-0.1, -0.05) is 51.1 Å². The Morgan fingerprint density at radius 2 is 1.75 bits per heavy atom. The minimum atomic E-state index is -0.706. The number of nitrogens with zero attached hydrogens (tertiary/aromatic N) is 4. The highest BCUT2D eigenvalue weighted by atomic mass is 19.1. The van der Waals surface area contributed by atoms with Crippen molar-refractivity contribution >= 4 is 23.5 Å². The molecule has 56 heavy (non-hydrogen) atoms. The molecule has 2 saturated heterocycles. The number of amidine groups is 1. The van der Waals surface area contributed by atoms with Crippen LogP contribution in [-0.2, 0) is 0 Å². The smallest absolute Gasteiger partial charge is 0.320 e. The summed E-state index contributed by atoms with van der Waals surface area (Å²) in [6, 6.07) is 18.4. The van der Waals surface area contributed by atoms with E-state index in [-0.39, 0.29) is 35.0 Å². The number of hydrogen-bond acceptors (Lipinski definition) is 8. The maximum Gasteiger partial charge on any atom is 0.320 e. The number of piperidine rings is 2. The highest BCUT2D eigenvalue weighted by Crippen LogP contribution is 2.38. The van der Waals surface area contributed by atoms with Gasteiger partial charge in [-0.3, -0.25) is 25.6 Å². The van der Waals surface area contributed by atoms with Gasteiger partial charge in [-0.2, -0.15) is 0 Å². The molecule has 1 aromatic heterocycles. The number of carbonyl (C=O) groups is 1. The zero-order valence-corrected chi connectivity index (χ0v) is 33.2. The zero-order valence-electron chi connectivity index (χ0n) is 33.2. The van der Waals surface area contributed by atoms with E-state index in [0.717, 1.165) is 56.6 Å². The molecule has 300 valence electrons. The van der Waals surface area contributed by atoms with Crippen molar-refractivity contribution in [2.75, 3.05) is 32.8 Å². The number of amides is 2. The molecule has 2 aliphatic heterocycles. The first-order chi connectivity index (χ1) is 26.8. The molecule has 0 radical (unpaired) electrons. The second-order valence-electron chi connectivity index (χ2n) is 16.2. The predicted molar refractivity (Wildman–Crippen MR) is 218 cm³/mol. The number of rotatable bonds is 9. The first-order valence-electron chi connectivity index (χ1n) is 20.0. The molecule has 2 aromatic carbocycles. The van der Waals surface area contributed by atoms with Crippen LogP contribution < -0.4 is 31.3 Å². The van der Waals surface area contributed by atoms with Gasteiger partial charge in [0, 0.05) is 55.5 Å². The van der Waals surface area contributed by atoms with Gasteiger partial charge in [-0.25, -0.2) is 14.2 Å². The maximum absolute atomic E-state index is 13.7. The molecule has 3 atom stereocenters. The number of likely N-dealkylation sites (tertiary alicyclic amines) is 2. The molecule has 3 aliphatic rings. The van der Waals surface area contributed by atoms with Crippen molar-refractivity contribution in [2.45, 2.75) is 97.0 Å². The van der Waals surface area contributed by atoms with E-state index < -0.39 is 12.2 Å². The maximum atomic E-state index is 13.7. The Kier molecular flexibility index (Phi) is 13.1. The minimum absolute atomic E-state index is 0.227. The van der Waals surface area contributed by atoms with Crippen molar-refractivity contribution in [1.82, 2.24) is 25.0 Å². The van der Waals surface area contributed by atoms with Crippen molar-refractivity contribution in [3.05, 3.63) is 95.2 Å². The lowest BCUT2D eigenvalue weighted by atomic mass is 9.85. The summed E-state index contributed by atoms with van der Waals surface area (Å²) in [6.07, 6.45) is 8.07. The summed E-state index contributed by atoms with van der Waals surface area (Å²) in [7, 11) is 0. The van der Waals surface area contributed by atoms with Crippen LogP contribution in [0.15, 0.2) is 83.6 Å². The van der Waals surface area contributed by atoms with Crippen molar-refractivity contribution in [3.63, 3.8) is 0 Å². The molecule has 2 amide bonds. The summed E-state index contributed by atoms with van der Waals surface area (Å²) in [6.45, 7) is 11.6. The monoisotopic (exact) mass is 767 g/mol. The fourth-order valence-corrected chi connectivity index (χ4v) is 7.43. The van der Waals surface area contributed by atoms with Crippen LogP contribution in [0.5, 0.6) is 11.5 Å². The molecule has 0 unspecified atom stereocenters. The molecule has 3 aromatic rings. The largest absolute Gasteiger partial charge is 0.492 e. The highest BCUT2D eigenvalue weighted by Gasteiger charge is 2.30. The van der Waals surface area contributed by atoms with Crippen LogP contribution in [0.2, 0.25) is 0 Å². The van der Waals surface area contributed by atoms with Gasteiger partial charge in [-0.15, -0.1) is 0 Å². The van der Waals surface area contributed by atoms with Gasteiger partial charge in [0.15, 0.2) is 0 Å². The van der Waals surface area contributed by atoms with Crippen molar-refractivity contribution in [2.24, 2.45) is 16.1 Å². The fraction of sp³-hybridized carbons (Fsp3) is 0.488. The van der Waals surface area contributed by atoms with E-state index >= 15 is 0 Å². The number of pyridine rings is 1. The van der Waals surface area contributed by atoms with Crippen LogP contribution in [0, 0.1) is 16.2 Å². The van der Waals surface area contributed by atoms with Crippen molar-refractivity contribution in [1.29, 1.82) is 10.8 Å². The van der Waals surface area contributed by atoms with Crippen LogP contribution in [0.1, 0.15) is 95.9 Å². The standard InChI is InChI=1S/C43H58FN9O3/c1-29-10-7-8-21-52(29)41(47)53-28-33(15-18-39(53)46)56-37-17-16-36(34-13-5-6-14-35(34)37)49-42(54)50-40(27-38(45)43(2,3)4)48-31-11-9-12-32(26-31)55-25-24-51-22-19-30(44)20-23-51/h5-6,9,11-15,18,26-30,36-37,46-47H,7-8,10,16-17,19-25,45H2,1-4H3,(H2,48,49,50,54)/b38-27-,46-39?,47-41?/t29-,36-,37+/m0/s1. The highest BCUT2D eigenvalue weighted by molar-refractivity contribution is 6.05. The summed E-state index contributed by atoms with van der Waals surface area (Å²) in [5, 5.41) is 23.5. The number of ether oxygens (including phenoxy) is 2. The molecule has 2 fully saturated rings. The Balaban J connectivity index is 1.13. The average molecular weight is 768 g/mol. The summed E-state index contributed by atoms with van der Waals surface area (Å²) in [4.78, 5) is 22.7. The number of fused-ring (bicyclic) bond motifs is 1. The number of halogens is 1. The van der Waals surface area contributed by atoms with Gasteiger partial charge < -0.3 is 25.4 Å².